The maximum absolute atomic E-state index is 12.8. The molecule has 0 fully saturated rings. The Kier molecular flexibility index (Phi) is 43.6. The van der Waals surface area contributed by atoms with Crippen molar-refractivity contribution in [2.75, 3.05) is 41.0 Å². The number of hydrogen-bond donors (Lipinski definition) is 0. The summed E-state index contributed by atoms with van der Waals surface area (Å²) in [5.41, 5.74) is 0. The third-order valence-corrected chi connectivity index (χ3v) is 10.6. The van der Waals surface area contributed by atoms with Crippen molar-refractivity contribution >= 4 is 17.9 Å². The van der Waals surface area contributed by atoms with Crippen molar-refractivity contribution in [3.05, 3.63) is 109 Å². The highest BCUT2D eigenvalue weighted by atomic mass is 16.6. The summed E-state index contributed by atoms with van der Waals surface area (Å²) in [6.07, 6.45) is 64.0. The van der Waals surface area contributed by atoms with E-state index in [-0.39, 0.29) is 49.1 Å². The molecule has 0 saturated carbocycles. The first-order chi connectivity index (χ1) is 31.6. The van der Waals surface area contributed by atoms with Crippen LogP contribution in [0.15, 0.2) is 109 Å². The van der Waals surface area contributed by atoms with E-state index >= 15 is 0 Å². The number of rotatable bonds is 44. The molecule has 65 heavy (non-hydrogen) atoms. The Morgan fingerprint density at radius 1 is 0.477 bits per heavy atom. The number of likely N-dealkylation sites (N-methyl/N-ethyl adjacent to an activating group) is 1. The third kappa shape index (κ3) is 45.0. The van der Waals surface area contributed by atoms with Gasteiger partial charge in [0, 0.05) is 19.3 Å². The number of aliphatic carboxylic acids is 1. The molecule has 8 heteroatoms. The smallest absolute Gasteiger partial charge is 0.306 e. The number of quaternary nitrogens is 1. The molecule has 0 N–H and O–H groups in total. The van der Waals surface area contributed by atoms with E-state index in [0.29, 0.717) is 6.42 Å². The second-order valence-corrected chi connectivity index (χ2v) is 17.7. The molecule has 0 spiro atoms. The number of allylic oxidation sites excluding steroid dienone is 18. The molecule has 0 bridgehead atoms. The Morgan fingerprint density at radius 2 is 0.862 bits per heavy atom. The SMILES string of the molecule is CC/C=C/C/C=C/C/C=C/C/C=C/C/C=C/CCCCCCC(=O)OCC(COCCC(C(=O)[O-])[N+](C)(C)C)OC(=O)CCCCCCC/C=C/C/C=C/C/C=C/C/C=C/CCCCC. The van der Waals surface area contributed by atoms with Crippen LogP contribution in [0, 0.1) is 0 Å². The number of ether oxygens (including phenoxy) is 3. The summed E-state index contributed by atoms with van der Waals surface area (Å²) in [5.74, 6) is -1.80. The van der Waals surface area contributed by atoms with Crippen LogP contribution in [0.1, 0.15) is 181 Å². The molecule has 0 radical (unpaired) electrons. The molecule has 0 amide bonds. The minimum Gasteiger partial charge on any atom is -0.544 e. The van der Waals surface area contributed by atoms with Crippen LogP contribution in [0.3, 0.4) is 0 Å². The van der Waals surface area contributed by atoms with E-state index in [1.807, 2.05) is 0 Å². The standard InChI is InChI=1S/C57H93NO7/c1-6-8-10-12-14-16-18-20-22-24-26-28-30-32-34-36-38-40-42-44-46-48-56(60)65-53(51-63-50-49-54(57(61)62)58(3,4)5)52-64-55(59)47-45-43-41-39-37-35-33-31-29-27-25-23-21-19-17-15-13-11-9-7-2/h9,11,14-17,20-23,26-29,32-35,53-54H,6-8,10,12-13,18-19,24-25,30-31,36-52H2,1-5H3/b11-9+,16-14+,17-15+,22-20+,23-21+,28-26+,29-27+,34-32+,35-33+. The Balaban J connectivity index is 4.38. The lowest BCUT2D eigenvalue weighted by atomic mass is 10.1. The van der Waals surface area contributed by atoms with Crippen molar-refractivity contribution in [2.24, 2.45) is 0 Å². The second kappa shape index (κ2) is 46.5. The highest BCUT2D eigenvalue weighted by Crippen LogP contribution is 2.12. The Labute approximate surface area is 398 Å². The van der Waals surface area contributed by atoms with Gasteiger partial charge in [-0.05, 0) is 103 Å². The van der Waals surface area contributed by atoms with Gasteiger partial charge < -0.3 is 28.6 Å². The molecule has 0 aliphatic carbocycles. The Bertz CT molecular complexity index is 1420. The fraction of sp³-hybridized carbons (Fsp3) is 0.632. The van der Waals surface area contributed by atoms with Crippen LogP contribution in [0.5, 0.6) is 0 Å². The van der Waals surface area contributed by atoms with Crippen LogP contribution < -0.4 is 5.11 Å². The lowest BCUT2D eigenvalue weighted by Gasteiger charge is -2.34. The van der Waals surface area contributed by atoms with Gasteiger partial charge in [0.2, 0.25) is 0 Å². The molecule has 0 aromatic carbocycles. The number of unbranched alkanes of at least 4 members (excludes halogenated alkanes) is 12. The van der Waals surface area contributed by atoms with Crippen LogP contribution in [-0.2, 0) is 28.6 Å². The normalized spacial score (nSPS) is 13.8. The summed E-state index contributed by atoms with van der Waals surface area (Å²) in [4.78, 5) is 37.0. The van der Waals surface area contributed by atoms with Crippen molar-refractivity contribution in [2.45, 2.75) is 193 Å². The Hall–Kier alpha value is -4.01. The summed E-state index contributed by atoms with van der Waals surface area (Å²) in [6.45, 7) is 4.46. The molecule has 2 atom stereocenters. The predicted octanol–water partition coefficient (Wildman–Crippen LogP) is 13.5. The molecule has 8 nitrogen and oxygen atoms in total. The van der Waals surface area contributed by atoms with Crippen LogP contribution in [0.4, 0.5) is 0 Å². The zero-order valence-electron chi connectivity index (χ0n) is 41.9. The maximum atomic E-state index is 12.8. The van der Waals surface area contributed by atoms with Crippen LogP contribution in [-0.4, -0.2) is 75.5 Å². The second-order valence-electron chi connectivity index (χ2n) is 17.7. The number of hydrogen-bond acceptors (Lipinski definition) is 7. The van der Waals surface area contributed by atoms with E-state index < -0.39 is 18.1 Å². The van der Waals surface area contributed by atoms with Crippen LogP contribution in [0.25, 0.3) is 0 Å². The van der Waals surface area contributed by atoms with Crippen molar-refractivity contribution in [1.82, 2.24) is 0 Å². The number of nitrogens with zero attached hydrogens (tertiary/aromatic N) is 1. The first-order valence-electron chi connectivity index (χ1n) is 25.4. The van der Waals surface area contributed by atoms with Crippen LogP contribution in [0.2, 0.25) is 0 Å². The topological polar surface area (TPSA) is 102 Å². The van der Waals surface area contributed by atoms with Crippen molar-refractivity contribution in [3.8, 4) is 0 Å². The van der Waals surface area contributed by atoms with Crippen LogP contribution >= 0.6 is 0 Å². The highest BCUT2D eigenvalue weighted by Gasteiger charge is 2.25. The minimum atomic E-state index is -1.14. The van der Waals surface area contributed by atoms with E-state index in [2.05, 4.69) is 123 Å². The Morgan fingerprint density at radius 3 is 1.28 bits per heavy atom. The number of carboxylic acids is 1. The average Bonchev–Trinajstić information content (AvgIpc) is 3.27. The van der Waals surface area contributed by atoms with Gasteiger partial charge in [0.15, 0.2) is 6.10 Å². The van der Waals surface area contributed by atoms with Gasteiger partial charge in [-0.3, -0.25) is 9.59 Å². The zero-order chi connectivity index (χ0) is 47.7. The fourth-order valence-corrected chi connectivity index (χ4v) is 6.73. The van der Waals surface area contributed by atoms with Gasteiger partial charge in [0.1, 0.15) is 12.6 Å². The first-order valence-corrected chi connectivity index (χ1v) is 25.4. The number of carbonyl (C=O) groups excluding carboxylic acids is 3. The molecule has 0 saturated heterocycles. The van der Waals surface area contributed by atoms with Crippen molar-refractivity contribution < 1.29 is 38.2 Å². The lowest BCUT2D eigenvalue weighted by molar-refractivity contribution is -0.889. The van der Waals surface area contributed by atoms with Gasteiger partial charge >= 0.3 is 11.9 Å². The lowest BCUT2D eigenvalue weighted by Crippen LogP contribution is -2.55. The molecule has 2 unspecified atom stereocenters. The number of carbonyl (C=O) groups is 3. The number of esters is 2. The molecule has 0 aromatic heterocycles. The van der Waals surface area contributed by atoms with Crippen molar-refractivity contribution in [3.63, 3.8) is 0 Å². The summed E-state index contributed by atoms with van der Waals surface area (Å²) >= 11 is 0. The van der Waals surface area contributed by atoms with Gasteiger partial charge in [0.25, 0.3) is 0 Å². The molecule has 0 rings (SSSR count). The van der Waals surface area contributed by atoms with E-state index in [4.69, 9.17) is 14.2 Å². The zero-order valence-corrected chi connectivity index (χ0v) is 41.9. The number of carboxylic acid groups (broad SMARTS) is 1. The van der Waals surface area contributed by atoms with E-state index in [1.165, 1.54) is 25.7 Å². The largest absolute Gasteiger partial charge is 0.544 e. The fourth-order valence-electron chi connectivity index (χ4n) is 6.73. The van der Waals surface area contributed by atoms with Crippen molar-refractivity contribution in [1.29, 1.82) is 0 Å². The molecule has 0 aromatic rings. The molecule has 368 valence electrons. The van der Waals surface area contributed by atoms with E-state index in [0.717, 1.165) is 122 Å². The van der Waals surface area contributed by atoms with E-state index in [9.17, 15) is 19.5 Å². The minimum absolute atomic E-state index is 0.0171. The highest BCUT2D eigenvalue weighted by molar-refractivity contribution is 5.70. The molecule has 0 heterocycles. The summed E-state index contributed by atoms with van der Waals surface area (Å²) in [5, 5.41) is 11.7. The van der Waals surface area contributed by atoms with Gasteiger partial charge in [0.05, 0.1) is 40.3 Å². The van der Waals surface area contributed by atoms with Gasteiger partial charge in [-0.15, -0.1) is 0 Å². The summed E-state index contributed by atoms with van der Waals surface area (Å²) in [7, 11) is 5.39. The summed E-state index contributed by atoms with van der Waals surface area (Å²) < 4.78 is 17.2. The quantitative estimate of drug-likeness (QED) is 0.0260. The molecule has 0 aliphatic heterocycles. The van der Waals surface area contributed by atoms with Gasteiger partial charge in [-0.25, -0.2) is 0 Å². The molecular formula is C57H93NO7. The molecule has 0 aliphatic rings. The first kappa shape index (κ1) is 61.0. The third-order valence-electron chi connectivity index (χ3n) is 10.6. The van der Waals surface area contributed by atoms with Gasteiger partial charge in [-0.2, -0.15) is 0 Å². The maximum Gasteiger partial charge on any atom is 0.306 e. The summed E-state index contributed by atoms with van der Waals surface area (Å²) in [6, 6.07) is -0.741. The monoisotopic (exact) mass is 904 g/mol. The average molecular weight is 904 g/mol. The van der Waals surface area contributed by atoms with E-state index in [1.54, 1.807) is 21.1 Å². The van der Waals surface area contributed by atoms with Gasteiger partial charge in [-0.1, -0.05) is 168 Å². The predicted molar refractivity (Wildman–Crippen MR) is 272 cm³/mol. The molecular weight excluding hydrogens is 811 g/mol.